The molecule has 0 saturated carbocycles. The third kappa shape index (κ3) is 4.04. The van der Waals surface area contributed by atoms with Gasteiger partial charge in [0, 0.05) is 11.6 Å². The van der Waals surface area contributed by atoms with Crippen LogP contribution in [0.4, 0.5) is 5.69 Å². The molecule has 1 heterocycles. The number of benzene rings is 1. The highest BCUT2D eigenvalue weighted by molar-refractivity contribution is 6.01. The van der Waals surface area contributed by atoms with Crippen LogP contribution in [0.5, 0.6) is 0 Å². The van der Waals surface area contributed by atoms with Gasteiger partial charge < -0.3 is 9.73 Å². The number of hydrogen-bond donors (Lipinski definition) is 1. The standard InChI is InChI=1S/C16H13N3O4/c1-11-4-5-12(8-15(11)19(21)22)7-13(9-17)16(20)18-10-14-3-2-6-23-14/h2-8H,10H2,1H3,(H,18,20)/b13-7+. The van der Waals surface area contributed by atoms with Gasteiger partial charge in [-0.1, -0.05) is 12.1 Å². The molecule has 2 rings (SSSR count). The Balaban J connectivity index is 2.18. The summed E-state index contributed by atoms with van der Waals surface area (Å²) in [5, 5.41) is 22.6. The lowest BCUT2D eigenvalue weighted by Gasteiger charge is -2.03. The molecule has 1 amide bonds. The van der Waals surface area contributed by atoms with Gasteiger partial charge in [0.2, 0.25) is 0 Å². The van der Waals surface area contributed by atoms with Crippen molar-refractivity contribution in [2.24, 2.45) is 0 Å². The van der Waals surface area contributed by atoms with E-state index in [0.29, 0.717) is 16.9 Å². The molecule has 0 fully saturated rings. The van der Waals surface area contributed by atoms with Gasteiger partial charge >= 0.3 is 0 Å². The monoisotopic (exact) mass is 311 g/mol. The van der Waals surface area contributed by atoms with Gasteiger partial charge in [0.15, 0.2) is 0 Å². The summed E-state index contributed by atoms with van der Waals surface area (Å²) < 4.78 is 5.08. The second-order valence-corrected chi connectivity index (χ2v) is 4.73. The first-order valence-electron chi connectivity index (χ1n) is 6.68. The molecule has 0 bridgehead atoms. The number of hydrogen-bond acceptors (Lipinski definition) is 5. The fraction of sp³-hybridized carbons (Fsp3) is 0.125. The molecule has 1 aromatic heterocycles. The molecule has 2 aromatic rings. The van der Waals surface area contributed by atoms with Crippen LogP contribution < -0.4 is 5.32 Å². The van der Waals surface area contributed by atoms with E-state index in [4.69, 9.17) is 9.68 Å². The van der Waals surface area contributed by atoms with Crippen molar-refractivity contribution in [3.05, 3.63) is 69.2 Å². The molecule has 0 aliphatic heterocycles. The zero-order chi connectivity index (χ0) is 16.8. The first kappa shape index (κ1) is 16.0. The van der Waals surface area contributed by atoms with E-state index in [2.05, 4.69) is 5.32 Å². The van der Waals surface area contributed by atoms with Gasteiger partial charge in [0.05, 0.1) is 17.7 Å². The van der Waals surface area contributed by atoms with Crippen LogP contribution in [0.15, 0.2) is 46.6 Å². The predicted molar refractivity (Wildman–Crippen MR) is 82.0 cm³/mol. The zero-order valence-corrected chi connectivity index (χ0v) is 12.3. The van der Waals surface area contributed by atoms with Crippen LogP contribution >= 0.6 is 0 Å². The van der Waals surface area contributed by atoms with Gasteiger partial charge in [0.1, 0.15) is 17.4 Å². The number of nitriles is 1. The second-order valence-electron chi connectivity index (χ2n) is 4.73. The maximum absolute atomic E-state index is 12.0. The van der Waals surface area contributed by atoms with Crippen molar-refractivity contribution in [1.82, 2.24) is 5.32 Å². The summed E-state index contributed by atoms with van der Waals surface area (Å²) in [6.45, 7) is 1.77. The van der Waals surface area contributed by atoms with E-state index in [9.17, 15) is 14.9 Å². The van der Waals surface area contributed by atoms with Gasteiger partial charge in [-0.25, -0.2) is 0 Å². The maximum Gasteiger partial charge on any atom is 0.272 e. The van der Waals surface area contributed by atoms with Crippen LogP contribution in [-0.4, -0.2) is 10.8 Å². The summed E-state index contributed by atoms with van der Waals surface area (Å²) in [6.07, 6.45) is 2.79. The Morgan fingerprint density at radius 2 is 2.26 bits per heavy atom. The topological polar surface area (TPSA) is 109 Å². The summed E-state index contributed by atoms with van der Waals surface area (Å²) >= 11 is 0. The lowest BCUT2D eigenvalue weighted by atomic mass is 10.1. The van der Waals surface area contributed by atoms with Crippen molar-refractivity contribution < 1.29 is 14.1 Å². The van der Waals surface area contributed by atoms with Crippen molar-refractivity contribution in [2.75, 3.05) is 0 Å². The van der Waals surface area contributed by atoms with Crippen molar-refractivity contribution in [3.63, 3.8) is 0 Å². The Hall–Kier alpha value is -3.40. The van der Waals surface area contributed by atoms with Gasteiger partial charge in [0.25, 0.3) is 11.6 Å². The number of nitro benzene ring substituents is 1. The minimum atomic E-state index is -0.577. The van der Waals surface area contributed by atoms with Gasteiger partial charge in [-0.05, 0) is 30.7 Å². The molecule has 0 aliphatic carbocycles. The maximum atomic E-state index is 12.0. The molecule has 116 valence electrons. The molecule has 1 aromatic carbocycles. The second kappa shape index (κ2) is 7.04. The third-order valence-electron chi connectivity index (χ3n) is 3.11. The SMILES string of the molecule is Cc1ccc(/C=C(\C#N)C(=O)NCc2ccco2)cc1[N+](=O)[O-]. The normalized spacial score (nSPS) is 10.9. The highest BCUT2D eigenvalue weighted by Crippen LogP contribution is 2.20. The first-order valence-corrected chi connectivity index (χ1v) is 6.68. The van der Waals surface area contributed by atoms with E-state index in [0.717, 1.165) is 0 Å². The van der Waals surface area contributed by atoms with E-state index in [1.807, 2.05) is 0 Å². The number of nitrogens with one attached hydrogen (secondary N) is 1. The van der Waals surface area contributed by atoms with E-state index >= 15 is 0 Å². The van der Waals surface area contributed by atoms with Crippen molar-refractivity contribution in [2.45, 2.75) is 13.5 Å². The van der Waals surface area contributed by atoms with E-state index in [1.165, 1.54) is 18.4 Å². The number of carbonyl (C=O) groups is 1. The Kier molecular flexibility index (Phi) is 4.89. The molecule has 1 N–H and O–H groups in total. The molecule has 0 saturated heterocycles. The Morgan fingerprint density at radius 3 is 2.87 bits per heavy atom. The minimum Gasteiger partial charge on any atom is -0.467 e. The highest BCUT2D eigenvalue weighted by Gasteiger charge is 2.13. The van der Waals surface area contributed by atoms with E-state index in [-0.39, 0.29) is 17.8 Å². The van der Waals surface area contributed by atoms with E-state index < -0.39 is 10.8 Å². The van der Waals surface area contributed by atoms with Gasteiger partial charge in [-0.15, -0.1) is 0 Å². The lowest BCUT2D eigenvalue weighted by Crippen LogP contribution is -2.23. The molecular formula is C16H13N3O4. The molecule has 0 atom stereocenters. The minimum absolute atomic E-state index is 0.0629. The fourth-order valence-corrected chi connectivity index (χ4v) is 1.90. The average Bonchev–Trinajstić information content (AvgIpc) is 3.04. The summed E-state index contributed by atoms with van der Waals surface area (Å²) in [7, 11) is 0. The molecule has 7 nitrogen and oxygen atoms in total. The van der Waals surface area contributed by atoms with Crippen molar-refractivity contribution in [3.8, 4) is 6.07 Å². The predicted octanol–water partition coefficient (Wildman–Crippen LogP) is 2.72. The highest BCUT2D eigenvalue weighted by atomic mass is 16.6. The summed E-state index contributed by atoms with van der Waals surface area (Å²) in [4.78, 5) is 22.4. The fourth-order valence-electron chi connectivity index (χ4n) is 1.90. The van der Waals surface area contributed by atoms with Gasteiger partial charge in [-0.3, -0.25) is 14.9 Å². The smallest absolute Gasteiger partial charge is 0.272 e. The Labute approximate surface area is 132 Å². The summed E-state index contributed by atoms with van der Waals surface area (Å²) in [5.41, 5.74) is 0.710. The number of rotatable bonds is 5. The number of aryl methyl sites for hydroxylation is 1. The molecule has 0 radical (unpaired) electrons. The van der Waals surface area contributed by atoms with Crippen LogP contribution in [0, 0.1) is 28.4 Å². The van der Waals surface area contributed by atoms with Crippen LogP contribution in [0.3, 0.4) is 0 Å². The van der Waals surface area contributed by atoms with E-state index in [1.54, 1.807) is 37.3 Å². The quantitative estimate of drug-likeness (QED) is 0.395. The molecular weight excluding hydrogens is 298 g/mol. The summed E-state index contributed by atoms with van der Waals surface area (Å²) in [6, 6.07) is 9.68. The van der Waals surface area contributed by atoms with Crippen LogP contribution in [-0.2, 0) is 11.3 Å². The molecule has 0 unspecified atom stereocenters. The van der Waals surface area contributed by atoms with Crippen molar-refractivity contribution in [1.29, 1.82) is 5.26 Å². The molecule has 7 heteroatoms. The number of amides is 1. The van der Waals surface area contributed by atoms with Crippen molar-refractivity contribution >= 4 is 17.7 Å². The molecule has 0 spiro atoms. The Bertz CT molecular complexity index is 801. The largest absolute Gasteiger partial charge is 0.467 e. The van der Waals surface area contributed by atoms with Crippen LogP contribution in [0.2, 0.25) is 0 Å². The van der Waals surface area contributed by atoms with Crippen LogP contribution in [0.25, 0.3) is 6.08 Å². The molecule has 0 aliphatic rings. The average molecular weight is 311 g/mol. The lowest BCUT2D eigenvalue weighted by molar-refractivity contribution is -0.385. The first-order chi connectivity index (χ1) is 11.0. The number of furan rings is 1. The van der Waals surface area contributed by atoms with Gasteiger partial charge in [-0.2, -0.15) is 5.26 Å². The number of nitro groups is 1. The molecule has 23 heavy (non-hydrogen) atoms. The number of nitrogens with zero attached hydrogens (tertiary/aromatic N) is 2. The Morgan fingerprint density at radius 1 is 1.48 bits per heavy atom. The third-order valence-corrected chi connectivity index (χ3v) is 3.11. The van der Waals surface area contributed by atoms with Crippen LogP contribution in [0.1, 0.15) is 16.9 Å². The zero-order valence-electron chi connectivity index (χ0n) is 12.3. The number of carbonyl (C=O) groups excluding carboxylic acids is 1. The summed E-state index contributed by atoms with van der Waals surface area (Å²) in [5.74, 6) is -0.0197.